The third-order valence-electron chi connectivity index (χ3n) is 4.14. The van der Waals surface area contributed by atoms with Crippen LogP contribution in [0.15, 0.2) is 36.4 Å². The van der Waals surface area contributed by atoms with E-state index in [4.69, 9.17) is 38.0 Å². The zero-order chi connectivity index (χ0) is 22.1. The molecule has 30 heavy (non-hydrogen) atoms. The summed E-state index contributed by atoms with van der Waals surface area (Å²) in [6.07, 6.45) is 0. The third-order valence-corrected chi connectivity index (χ3v) is 4.67. The minimum absolute atomic E-state index is 0.0749. The van der Waals surface area contributed by atoms with Crippen molar-refractivity contribution < 1.29 is 19.0 Å². The molecule has 2 rings (SSSR count). The van der Waals surface area contributed by atoms with Crippen LogP contribution in [0.1, 0.15) is 49.7 Å². The first kappa shape index (κ1) is 23.8. The monoisotopic (exact) mass is 450 g/mol. The maximum absolute atomic E-state index is 11.9. The maximum Gasteiger partial charge on any atom is 0.339 e. The van der Waals surface area contributed by atoms with Crippen molar-refractivity contribution in [3.63, 3.8) is 0 Å². The lowest BCUT2D eigenvalue weighted by Crippen LogP contribution is -2.31. The SMILES string of the molecule is CCOC(=O)c1ccc(NC(=S)N[C@H](C)c2ccc(OCC)c(OCC)c2)cc1Cl. The Balaban J connectivity index is 2.04. The molecule has 6 nitrogen and oxygen atoms in total. The second-order valence-corrected chi connectivity index (χ2v) is 7.12. The van der Waals surface area contributed by atoms with Crippen molar-refractivity contribution in [1.82, 2.24) is 5.32 Å². The lowest BCUT2D eigenvalue weighted by molar-refractivity contribution is 0.0526. The normalized spacial score (nSPS) is 11.4. The minimum Gasteiger partial charge on any atom is -0.490 e. The van der Waals surface area contributed by atoms with Crippen LogP contribution >= 0.6 is 23.8 Å². The molecular formula is C22H27ClN2O4S. The molecule has 1 atom stereocenters. The second-order valence-electron chi connectivity index (χ2n) is 6.31. The highest BCUT2D eigenvalue weighted by molar-refractivity contribution is 7.80. The van der Waals surface area contributed by atoms with E-state index >= 15 is 0 Å². The van der Waals surface area contributed by atoms with Crippen molar-refractivity contribution in [2.45, 2.75) is 33.7 Å². The third kappa shape index (κ3) is 6.50. The summed E-state index contributed by atoms with van der Waals surface area (Å²) in [7, 11) is 0. The number of nitrogens with one attached hydrogen (secondary N) is 2. The molecule has 0 spiro atoms. The molecule has 2 aromatic carbocycles. The van der Waals surface area contributed by atoms with Gasteiger partial charge in [-0.05, 0) is 75.8 Å². The van der Waals surface area contributed by atoms with Crippen LogP contribution in [0.2, 0.25) is 5.02 Å². The number of thiocarbonyl (C=S) groups is 1. The van der Waals surface area contributed by atoms with E-state index in [-0.39, 0.29) is 12.6 Å². The zero-order valence-electron chi connectivity index (χ0n) is 17.6. The van der Waals surface area contributed by atoms with E-state index in [1.54, 1.807) is 25.1 Å². The van der Waals surface area contributed by atoms with Gasteiger partial charge in [0, 0.05) is 5.69 Å². The van der Waals surface area contributed by atoms with Crippen molar-refractivity contribution in [3.05, 3.63) is 52.5 Å². The van der Waals surface area contributed by atoms with Gasteiger partial charge in [0.05, 0.1) is 36.4 Å². The Hall–Kier alpha value is -2.51. The summed E-state index contributed by atoms with van der Waals surface area (Å²) in [4.78, 5) is 11.9. The van der Waals surface area contributed by atoms with Crippen LogP contribution in [0.3, 0.4) is 0 Å². The average Bonchev–Trinajstić information content (AvgIpc) is 2.69. The largest absolute Gasteiger partial charge is 0.490 e. The smallest absolute Gasteiger partial charge is 0.339 e. The van der Waals surface area contributed by atoms with Crippen molar-refractivity contribution >= 4 is 40.6 Å². The van der Waals surface area contributed by atoms with E-state index in [0.29, 0.717) is 46.1 Å². The van der Waals surface area contributed by atoms with Gasteiger partial charge in [0.25, 0.3) is 0 Å². The quantitative estimate of drug-likeness (QED) is 0.393. The average molecular weight is 451 g/mol. The second kappa shape index (κ2) is 11.6. The van der Waals surface area contributed by atoms with Gasteiger partial charge >= 0.3 is 5.97 Å². The van der Waals surface area contributed by atoms with Gasteiger partial charge < -0.3 is 24.8 Å². The highest BCUT2D eigenvalue weighted by Gasteiger charge is 2.14. The lowest BCUT2D eigenvalue weighted by Gasteiger charge is -2.19. The van der Waals surface area contributed by atoms with Crippen molar-refractivity contribution in [2.75, 3.05) is 25.1 Å². The first-order valence-electron chi connectivity index (χ1n) is 9.83. The molecule has 0 radical (unpaired) electrons. The Morgan fingerprint density at radius 3 is 2.37 bits per heavy atom. The Kier molecular flexibility index (Phi) is 9.20. The highest BCUT2D eigenvalue weighted by Crippen LogP contribution is 2.31. The number of hydrogen-bond acceptors (Lipinski definition) is 5. The topological polar surface area (TPSA) is 68.8 Å². The molecule has 0 unspecified atom stereocenters. The molecule has 2 N–H and O–H groups in total. The Morgan fingerprint density at radius 2 is 1.73 bits per heavy atom. The van der Waals surface area contributed by atoms with Crippen LogP contribution in [0.5, 0.6) is 11.5 Å². The van der Waals surface area contributed by atoms with Gasteiger partial charge in [0.1, 0.15) is 0 Å². The summed E-state index contributed by atoms with van der Waals surface area (Å²) in [5, 5.41) is 7.03. The summed E-state index contributed by atoms with van der Waals surface area (Å²) >= 11 is 11.6. The Morgan fingerprint density at radius 1 is 1.03 bits per heavy atom. The van der Waals surface area contributed by atoms with E-state index in [0.717, 1.165) is 5.56 Å². The number of esters is 1. The Bertz CT molecular complexity index is 891. The van der Waals surface area contributed by atoms with Crippen LogP contribution in [-0.4, -0.2) is 30.9 Å². The number of benzene rings is 2. The molecule has 0 saturated heterocycles. The summed E-state index contributed by atoms with van der Waals surface area (Å²) in [5.74, 6) is 0.960. The van der Waals surface area contributed by atoms with Gasteiger partial charge in [0.15, 0.2) is 16.6 Å². The van der Waals surface area contributed by atoms with E-state index in [1.165, 1.54) is 0 Å². The summed E-state index contributed by atoms with van der Waals surface area (Å²) < 4.78 is 16.3. The fourth-order valence-electron chi connectivity index (χ4n) is 2.75. The van der Waals surface area contributed by atoms with E-state index in [2.05, 4.69) is 10.6 Å². The molecule has 0 aliphatic rings. The van der Waals surface area contributed by atoms with Crippen LogP contribution in [0.25, 0.3) is 0 Å². The van der Waals surface area contributed by atoms with Crippen LogP contribution in [0.4, 0.5) is 5.69 Å². The predicted molar refractivity (Wildman–Crippen MR) is 124 cm³/mol. The number of halogens is 1. The molecular weight excluding hydrogens is 424 g/mol. The zero-order valence-corrected chi connectivity index (χ0v) is 19.2. The van der Waals surface area contributed by atoms with E-state index in [1.807, 2.05) is 39.0 Å². The first-order chi connectivity index (χ1) is 14.4. The van der Waals surface area contributed by atoms with Gasteiger partial charge in [0.2, 0.25) is 0 Å². The van der Waals surface area contributed by atoms with E-state index < -0.39 is 5.97 Å². The minimum atomic E-state index is -0.455. The lowest BCUT2D eigenvalue weighted by atomic mass is 10.1. The summed E-state index contributed by atoms with van der Waals surface area (Å²) in [6, 6.07) is 10.7. The van der Waals surface area contributed by atoms with Gasteiger partial charge in [-0.2, -0.15) is 0 Å². The first-order valence-corrected chi connectivity index (χ1v) is 10.6. The number of carbonyl (C=O) groups excluding carboxylic acids is 1. The molecule has 0 heterocycles. The maximum atomic E-state index is 11.9. The number of ether oxygens (including phenoxy) is 3. The molecule has 0 aliphatic carbocycles. The predicted octanol–water partition coefficient (Wildman–Crippen LogP) is 5.36. The standard InChI is InChI=1S/C22H27ClN2O4S/c1-5-27-19-11-8-15(12-20(19)28-6-2)14(4)24-22(30)25-16-9-10-17(18(23)13-16)21(26)29-7-3/h8-14H,5-7H2,1-4H3,(H2,24,25,30)/t14-/m1/s1. The highest BCUT2D eigenvalue weighted by atomic mass is 35.5. The molecule has 0 amide bonds. The molecule has 0 aliphatic heterocycles. The Labute approximate surface area is 187 Å². The molecule has 0 saturated carbocycles. The molecule has 0 fully saturated rings. The molecule has 0 aromatic heterocycles. The summed E-state index contributed by atoms with van der Waals surface area (Å²) in [5.41, 5.74) is 1.98. The van der Waals surface area contributed by atoms with Crippen molar-refractivity contribution in [2.24, 2.45) is 0 Å². The number of anilines is 1. The molecule has 2 aromatic rings. The van der Waals surface area contributed by atoms with Crippen molar-refractivity contribution in [3.8, 4) is 11.5 Å². The van der Waals surface area contributed by atoms with Gasteiger partial charge in [-0.3, -0.25) is 0 Å². The van der Waals surface area contributed by atoms with Crippen LogP contribution < -0.4 is 20.1 Å². The number of rotatable bonds is 9. The number of hydrogen-bond donors (Lipinski definition) is 2. The van der Waals surface area contributed by atoms with Crippen LogP contribution in [0, 0.1) is 0 Å². The van der Waals surface area contributed by atoms with E-state index in [9.17, 15) is 4.79 Å². The molecule has 8 heteroatoms. The fraction of sp³-hybridized carbons (Fsp3) is 0.364. The molecule has 0 bridgehead atoms. The van der Waals surface area contributed by atoms with Crippen LogP contribution in [-0.2, 0) is 4.74 Å². The van der Waals surface area contributed by atoms with Gasteiger partial charge in [-0.25, -0.2) is 4.79 Å². The molecule has 162 valence electrons. The van der Waals surface area contributed by atoms with Gasteiger partial charge in [-0.1, -0.05) is 17.7 Å². The summed E-state index contributed by atoms with van der Waals surface area (Å²) in [6.45, 7) is 9.01. The van der Waals surface area contributed by atoms with Crippen molar-refractivity contribution in [1.29, 1.82) is 0 Å². The van der Waals surface area contributed by atoms with Gasteiger partial charge in [-0.15, -0.1) is 0 Å². The fourth-order valence-corrected chi connectivity index (χ4v) is 3.30. The number of carbonyl (C=O) groups is 1.